The summed E-state index contributed by atoms with van der Waals surface area (Å²) in [4.78, 5) is 11.7. The van der Waals surface area contributed by atoms with Gasteiger partial charge in [0.1, 0.15) is 41.7 Å². The summed E-state index contributed by atoms with van der Waals surface area (Å²) in [5.41, 5.74) is 2.33. The third-order valence-electron chi connectivity index (χ3n) is 5.83. The fraction of sp³-hybridized carbons (Fsp3) is 0.360. The summed E-state index contributed by atoms with van der Waals surface area (Å²) in [6, 6.07) is 12.1. The van der Waals surface area contributed by atoms with Crippen molar-refractivity contribution < 1.29 is 32.5 Å². The molecule has 1 atom stereocenters. The van der Waals surface area contributed by atoms with Crippen LogP contribution in [0.4, 0.5) is 0 Å². The number of aromatic nitrogens is 2. The predicted molar refractivity (Wildman–Crippen MR) is 131 cm³/mol. The molecule has 0 aliphatic carbocycles. The van der Waals surface area contributed by atoms with Crippen molar-refractivity contribution in [2.75, 3.05) is 32.7 Å². The molecule has 10 nitrogen and oxygen atoms in total. The first-order valence-corrected chi connectivity index (χ1v) is 13.5. The highest BCUT2D eigenvalue weighted by Gasteiger charge is 2.21. The Labute approximate surface area is 208 Å². The molecule has 0 radical (unpaired) electrons. The van der Waals surface area contributed by atoms with Crippen molar-refractivity contribution in [1.82, 2.24) is 9.97 Å². The lowest BCUT2D eigenvalue weighted by Gasteiger charge is -2.24. The molecule has 4 heterocycles. The lowest BCUT2D eigenvalue weighted by atomic mass is 10.1. The van der Waals surface area contributed by atoms with Crippen LogP contribution in [-0.2, 0) is 19.3 Å². The molecule has 2 aliphatic rings. The molecule has 1 saturated heterocycles. The van der Waals surface area contributed by atoms with E-state index in [1.807, 2.05) is 24.3 Å². The minimum absolute atomic E-state index is 0.0217. The van der Waals surface area contributed by atoms with Gasteiger partial charge in [-0.05, 0) is 36.4 Å². The Morgan fingerprint density at radius 2 is 1.83 bits per heavy atom. The molecule has 0 spiro atoms. The van der Waals surface area contributed by atoms with Gasteiger partial charge in [0.15, 0.2) is 14.9 Å². The summed E-state index contributed by atoms with van der Waals surface area (Å²) in [5.74, 6) is 2.01. The average molecular weight is 514 g/mol. The van der Waals surface area contributed by atoms with Gasteiger partial charge in [0.25, 0.3) is 0 Å². The van der Waals surface area contributed by atoms with E-state index in [9.17, 15) is 13.5 Å². The van der Waals surface area contributed by atoms with Crippen molar-refractivity contribution in [1.29, 1.82) is 0 Å². The maximum absolute atomic E-state index is 11.7. The van der Waals surface area contributed by atoms with Crippen LogP contribution >= 0.6 is 0 Å². The summed E-state index contributed by atoms with van der Waals surface area (Å²) >= 11 is 0. The number of aliphatic hydroxyl groups excluding tert-OH is 1. The molecule has 0 amide bonds. The Morgan fingerprint density at radius 1 is 1.06 bits per heavy atom. The van der Waals surface area contributed by atoms with Gasteiger partial charge in [0.05, 0.1) is 26.0 Å². The molecule has 0 bridgehead atoms. The fourth-order valence-electron chi connectivity index (χ4n) is 3.97. The molecule has 190 valence electrons. The van der Waals surface area contributed by atoms with E-state index in [0.29, 0.717) is 48.7 Å². The van der Waals surface area contributed by atoms with Gasteiger partial charge < -0.3 is 29.0 Å². The number of hydrogen-bond donors (Lipinski definition) is 2. The smallest absolute Gasteiger partial charge is 0.233 e. The van der Waals surface area contributed by atoms with Crippen molar-refractivity contribution in [3.05, 3.63) is 54.4 Å². The molecule has 1 aromatic carbocycles. The summed E-state index contributed by atoms with van der Waals surface area (Å²) in [6.07, 6.45) is 4.12. The Kier molecular flexibility index (Phi) is 6.95. The summed E-state index contributed by atoms with van der Waals surface area (Å²) in [6.45, 7) is 1.59. The van der Waals surface area contributed by atoms with E-state index in [-0.39, 0.29) is 23.8 Å². The first-order valence-electron chi connectivity index (χ1n) is 11.6. The molecular formula is C25H27N3O7S. The molecule has 2 N–H and O–H groups in total. The zero-order valence-electron chi connectivity index (χ0n) is 19.7. The quantitative estimate of drug-likeness (QED) is 0.470. The highest BCUT2D eigenvalue weighted by Crippen LogP contribution is 2.33. The standard InChI is InChI=1S/C25H27N3O7S/c1-36(30,31)24-5-2-19(13-26-24)35-21-11-16(10-20(12-21)34-18-6-8-32-9-7-18)22-3-4-23(28-22)25-27-17(14-29)15-33-25/h2-5,10-13,17-18,28-29H,6-9,14-15H2,1H3. The second kappa shape index (κ2) is 10.3. The largest absolute Gasteiger partial charge is 0.490 e. The fourth-order valence-corrected chi connectivity index (χ4v) is 4.53. The van der Waals surface area contributed by atoms with Crippen LogP contribution in [0, 0.1) is 0 Å². The molecular weight excluding hydrogens is 486 g/mol. The van der Waals surface area contributed by atoms with E-state index in [2.05, 4.69) is 15.0 Å². The number of benzene rings is 1. The number of rotatable bonds is 8. The van der Waals surface area contributed by atoms with Crippen molar-refractivity contribution in [2.45, 2.75) is 30.0 Å². The Bertz CT molecular complexity index is 1350. The van der Waals surface area contributed by atoms with Crippen LogP contribution in [0.15, 0.2) is 58.7 Å². The molecule has 1 unspecified atom stereocenters. The first-order chi connectivity index (χ1) is 17.4. The van der Waals surface area contributed by atoms with Gasteiger partial charge in [-0.15, -0.1) is 0 Å². The lowest BCUT2D eigenvalue weighted by molar-refractivity contribution is 0.0255. The van der Waals surface area contributed by atoms with Gasteiger partial charge >= 0.3 is 0 Å². The van der Waals surface area contributed by atoms with E-state index in [1.165, 1.54) is 12.3 Å². The Hall–Kier alpha value is -3.41. The number of ether oxygens (including phenoxy) is 4. The average Bonchev–Trinajstić information content (AvgIpc) is 3.54. The SMILES string of the molecule is CS(=O)(=O)c1ccc(Oc2cc(OC3CCOCC3)cc(-c3ccc(C4=NC(CO)CO4)[nH]3)c2)cn1. The number of aromatic amines is 1. The molecule has 5 rings (SSSR count). The predicted octanol–water partition coefficient (Wildman–Crippen LogP) is 2.97. The van der Waals surface area contributed by atoms with Gasteiger partial charge in [-0.3, -0.25) is 0 Å². The molecule has 2 aliphatic heterocycles. The number of nitrogens with one attached hydrogen (secondary N) is 1. The van der Waals surface area contributed by atoms with Crippen molar-refractivity contribution in [2.24, 2.45) is 4.99 Å². The van der Waals surface area contributed by atoms with Crippen molar-refractivity contribution in [3.8, 4) is 28.5 Å². The molecule has 1 fully saturated rings. The molecule has 36 heavy (non-hydrogen) atoms. The van der Waals surface area contributed by atoms with Crippen LogP contribution in [0.1, 0.15) is 18.5 Å². The summed E-state index contributed by atoms with van der Waals surface area (Å²) in [7, 11) is -3.40. The number of nitrogens with zero attached hydrogens (tertiary/aromatic N) is 2. The number of sulfone groups is 1. The van der Waals surface area contributed by atoms with Crippen LogP contribution in [-0.4, -0.2) is 74.2 Å². The number of aliphatic hydroxyl groups is 1. The molecule has 2 aromatic heterocycles. The highest BCUT2D eigenvalue weighted by molar-refractivity contribution is 7.90. The molecule has 0 saturated carbocycles. The van der Waals surface area contributed by atoms with E-state index in [1.54, 1.807) is 12.1 Å². The van der Waals surface area contributed by atoms with E-state index in [0.717, 1.165) is 30.4 Å². The second-order valence-corrected chi connectivity index (χ2v) is 10.7. The van der Waals surface area contributed by atoms with E-state index >= 15 is 0 Å². The highest BCUT2D eigenvalue weighted by atomic mass is 32.2. The van der Waals surface area contributed by atoms with Gasteiger partial charge in [0.2, 0.25) is 5.90 Å². The Balaban J connectivity index is 1.43. The van der Waals surface area contributed by atoms with Gasteiger partial charge in [-0.25, -0.2) is 18.4 Å². The first kappa shape index (κ1) is 24.3. The maximum Gasteiger partial charge on any atom is 0.233 e. The third kappa shape index (κ3) is 5.69. The van der Waals surface area contributed by atoms with Crippen LogP contribution in [0.3, 0.4) is 0 Å². The minimum atomic E-state index is -3.40. The van der Waals surface area contributed by atoms with E-state index < -0.39 is 9.84 Å². The third-order valence-corrected chi connectivity index (χ3v) is 6.83. The number of pyridine rings is 1. The zero-order chi connectivity index (χ0) is 25.1. The summed E-state index contributed by atoms with van der Waals surface area (Å²) in [5, 5.41) is 9.30. The maximum atomic E-state index is 11.7. The number of aliphatic imine (C=N–C) groups is 1. The Morgan fingerprint density at radius 3 is 2.53 bits per heavy atom. The topological polar surface area (TPSA) is 132 Å². The van der Waals surface area contributed by atoms with Crippen LogP contribution in [0.5, 0.6) is 17.2 Å². The normalized spacial score (nSPS) is 18.5. The lowest BCUT2D eigenvalue weighted by Crippen LogP contribution is -2.25. The van der Waals surface area contributed by atoms with Crippen LogP contribution in [0.2, 0.25) is 0 Å². The number of hydrogen-bond acceptors (Lipinski definition) is 9. The molecule has 11 heteroatoms. The van der Waals surface area contributed by atoms with Gasteiger partial charge in [-0.2, -0.15) is 0 Å². The zero-order valence-corrected chi connectivity index (χ0v) is 20.5. The van der Waals surface area contributed by atoms with E-state index in [4.69, 9.17) is 18.9 Å². The monoisotopic (exact) mass is 513 g/mol. The minimum Gasteiger partial charge on any atom is -0.490 e. The molecule has 3 aromatic rings. The van der Waals surface area contributed by atoms with Crippen LogP contribution in [0.25, 0.3) is 11.3 Å². The van der Waals surface area contributed by atoms with Crippen LogP contribution < -0.4 is 9.47 Å². The van der Waals surface area contributed by atoms with Crippen molar-refractivity contribution in [3.63, 3.8) is 0 Å². The van der Waals surface area contributed by atoms with Gasteiger partial charge in [-0.1, -0.05) is 0 Å². The van der Waals surface area contributed by atoms with Crippen molar-refractivity contribution >= 4 is 15.7 Å². The second-order valence-electron chi connectivity index (χ2n) is 8.70. The number of H-pyrrole nitrogens is 1. The summed E-state index contributed by atoms with van der Waals surface area (Å²) < 4.78 is 46.7. The van der Waals surface area contributed by atoms with Gasteiger partial charge in [0, 0.05) is 36.4 Å².